The van der Waals surface area contributed by atoms with Crippen molar-refractivity contribution in [3.63, 3.8) is 0 Å². The van der Waals surface area contributed by atoms with E-state index in [0.29, 0.717) is 11.4 Å². The number of nitrogens with one attached hydrogen (secondary N) is 2. The molecule has 144 valence electrons. The molecule has 0 radical (unpaired) electrons. The van der Waals surface area contributed by atoms with E-state index in [1.54, 1.807) is 24.3 Å². The fourth-order valence-corrected chi connectivity index (χ4v) is 3.03. The van der Waals surface area contributed by atoms with Crippen molar-refractivity contribution in [3.05, 3.63) is 111 Å². The second-order valence-corrected chi connectivity index (χ2v) is 6.34. The second kappa shape index (κ2) is 7.85. The largest absolute Gasteiger partial charge is 0.467 e. The van der Waals surface area contributed by atoms with Gasteiger partial charge in [0.2, 0.25) is 0 Å². The first-order chi connectivity index (χ1) is 14.1. The van der Waals surface area contributed by atoms with Crippen LogP contribution >= 0.6 is 0 Å². The van der Waals surface area contributed by atoms with E-state index in [9.17, 15) is 14.4 Å². The Morgan fingerprint density at radius 3 is 2.48 bits per heavy atom. The molecule has 0 spiro atoms. The van der Waals surface area contributed by atoms with Crippen molar-refractivity contribution in [2.24, 2.45) is 0 Å². The van der Waals surface area contributed by atoms with Gasteiger partial charge in [-0.3, -0.25) is 14.2 Å². The van der Waals surface area contributed by atoms with E-state index in [0.717, 1.165) is 21.9 Å². The minimum Gasteiger partial charge on any atom is -0.467 e. The van der Waals surface area contributed by atoms with E-state index >= 15 is 0 Å². The van der Waals surface area contributed by atoms with Crippen molar-refractivity contribution < 1.29 is 9.21 Å². The fraction of sp³-hybridized carbons (Fsp3) is 0.0455. The molecule has 0 aliphatic rings. The van der Waals surface area contributed by atoms with Crippen LogP contribution in [0.4, 0.5) is 5.69 Å². The van der Waals surface area contributed by atoms with Gasteiger partial charge in [0.05, 0.1) is 12.8 Å². The van der Waals surface area contributed by atoms with E-state index in [4.69, 9.17) is 4.42 Å². The zero-order valence-electron chi connectivity index (χ0n) is 15.3. The average Bonchev–Trinajstić information content (AvgIpc) is 3.25. The molecule has 2 aromatic heterocycles. The Hall–Kier alpha value is -4.13. The van der Waals surface area contributed by atoms with Crippen LogP contribution in [0.15, 0.2) is 93.2 Å². The van der Waals surface area contributed by atoms with Gasteiger partial charge in [0, 0.05) is 17.4 Å². The van der Waals surface area contributed by atoms with Gasteiger partial charge in [-0.15, -0.1) is 0 Å². The van der Waals surface area contributed by atoms with Gasteiger partial charge in [0.25, 0.3) is 11.5 Å². The van der Waals surface area contributed by atoms with E-state index in [2.05, 4.69) is 10.3 Å². The van der Waals surface area contributed by atoms with Crippen molar-refractivity contribution >= 4 is 11.6 Å². The predicted octanol–water partition coefficient (Wildman–Crippen LogP) is 3.10. The number of H-pyrrole nitrogens is 1. The van der Waals surface area contributed by atoms with Crippen molar-refractivity contribution in [1.29, 1.82) is 0 Å². The second-order valence-electron chi connectivity index (χ2n) is 6.34. The summed E-state index contributed by atoms with van der Waals surface area (Å²) in [5.41, 5.74) is 0.834. The predicted molar refractivity (Wildman–Crippen MR) is 109 cm³/mol. The number of benzene rings is 2. The van der Waals surface area contributed by atoms with Gasteiger partial charge < -0.3 is 14.7 Å². The lowest BCUT2D eigenvalue weighted by Gasteiger charge is -2.11. The standard InChI is InChI=1S/C22H17N3O4/c26-20(24-19-11-5-4-10-17(19)15-7-2-1-3-8-15)18-13-23-22(28)25(21(18)27)14-16-9-6-12-29-16/h1-13H,14H2,(H,23,28)(H,24,26). The highest BCUT2D eigenvalue weighted by atomic mass is 16.3. The van der Waals surface area contributed by atoms with Crippen molar-refractivity contribution in [3.8, 4) is 11.1 Å². The molecule has 0 saturated carbocycles. The third-order valence-electron chi connectivity index (χ3n) is 4.46. The highest BCUT2D eigenvalue weighted by molar-refractivity contribution is 6.05. The van der Waals surface area contributed by atoms with Gasteiger partial charge in [-0.2, -0.15) is 0 Å². The van der Waals surface area contributed by atoms with Crippen LogP contribution in [0, 0.1) is 0 Å². The molecule has 1 amide bonds. The number of hydrogen-bond donors (Lipinski definition) is 2. The number of hydrogen-bond acceptors (Lipinski definition) is 4. The lowest BCUT2D eigenvalue weighted by molar-refractivity contribution is 0.102. The van der Waals surface area contributed by atoms with Gasteiger partial charge in [-0.1, -0.05) is 48.5 Å². The van der Waals surface area contributed by atoms with Crippen LogP contribution in [0.25, 0.3) is 11.1 Å². The molecular formula is C22H17N3O4. The third kappa shape index (κ3) is 3.79. The van der Waals surface area contributed by atoms with Crippen LogP contribution in [0.2, 0.25) is 0 Å². The highest BCUT2D eigenvalue weighted by Crippen LogP contribution is 2.27. The number of aromatic nitrogens is 2. The summed E-state index contributed by atoms with van der Waals surface area (Å²) in [6, 6.07) is 20.2. The summed E-state index contributed by atoms with van der Waals surface area (Å²) in [5.74, 6) is -0.174. The van der Waals surface area contributed by atoms with Crippen molar-refractivity contribution in [2.45, 2.75) is 6.54 Å². The Balaban J connectivity index is 1.67. The maximum absolute atomic E-state index is 12.8. The smallest absolute Gasteiger partial charge is 0.328 e. The Morgan fingerprint density at radius 1 is 0.966 bits per heavy atom. The minimum absolute atomic E-state index is 0.0666. The summed E-state index contributed by atoms with van der Waals surface area (Å²) in [4.78, 5) is 40.1. The molecule has 0 aliphatic heterocycles. The van der Waals surface area contributed by atoms with Crippen molar-refractivity contribution in [2.75, 3.05) is 5.32 Å². The summed E-state index contributed by atoms with van der Waals surface area (Å²) in [6.45, 7) is -0.0666. The molecule has 29 heavy (non-hydrogen) atoms. The highest BCUT2D eigenvalue weighted by Gasteiger charge is 2.17. The van der Waals surface area contributed by atoms with E-state index < -0.39 is 17.2 Å². The molecule has 4 rings (SSSR count). The Labute approximate surface area is 165 Å². The first-order valence-electron chi connectivity index (χ1n) is 8.94. The van der Waals surface area contributed by atoms with E-state index in [-0.39, 0.29) is 12.1 Å². The van der Waals surface area contributed by atoms with Crippen LogP contribution in [0.3, 0.4) is 0 Å². The molecule has 0 saturated heterocycles. The maximum atomic E-state index is 12.8. The summed E-state index contributed by atoms with van der Waals surface area (Å²) in [5, 5.41) is 2.77. The molecule has 0 bridgehead atoms. The van der Waals surface area contributed by atoms with Crippen LogP contribution in [-0.4, -0.2) is 15.5 Å². The lowest BCUT2D eigenvalue weighted by Crippen LogP contribution is -2.39. The Morgan fingerprint density at radius 2 is 1.72 bits per heavy atom. The topological polar surface area (TPSA) is 97.1 Å². The summed E-state index contributed by atoms with van der Waals surface area (Å²) >= 11 is 0. The number of nitrogens with zero attached hydrogens (tertiary/aromatic N) is 1. The molecule has 2 heterocycles. The zero-order valence-corrected chi connectivity index (χ0v) is 15.3. The van der Waals surface area contributed by atoms with Crippen LogP contribution < -0.4 is 16.6 Å². The summed E-state index contributed by atoms with van der Waals surface area (Å²) < 4.78 is 6.12. The fourth-order valence-electron chi connectivity index (χ4n) is 3.03. The number of anilines is 1. The number of aromatic amines is 1. The molecule has 0 unspecified atom stereocenters. The van der Waals surface area contributed by atoms with Gasteiger partial charge in [-0.25, -0.2) is 4.79 Å². The first kappa shape index (κ1) is 18.2. The molecule has 4 aromatic rings. The molecule has 0 fully saturated rings. The van der Waals surface area contributed by atoms with E-state index in [1.165, 1.54) is 6.26 Å². The maximum Gasteiger partial charge on any atom is 0.328 e. The number of para-hydroxylation sites is 1. The number of carbonyl (C=O) groups is 1. The Kier molecular flexibility index (Phi) is 4.94. The van der Waals surface area contributed by atoms with Gasteiger partial charge in [0.1, 0.15) is 11.3 Å². The summed E-state index contributed by atoms with van der Waals surface area (Å²) in [6.07, 6.45) is 2.58. The summed E-state index contributed by atoms with van der Waals surface area (Å²) in [7, 11) is 0. The number of rotatable bonds is 5. The first-order valence-corrected chi connectivity index (χ1v) is 8.94. The number of furan rings is 1. The molecule has 0 atom stereocenters. The molecule has 0 aliphatic carbocycles. The SMILES string of the molecule is O=C(Nc1ccccc1-c1ccccc1)c1c[nH]c(=O)n(Cc2ccco2)c1=O. The Bertz CT molecular complexity index is 1260. The third-order valence-corrected chi connectivity index (χ3v) is 4.46. The molecule has 7 heteroatoms. The van der Waals surface area contributed by atoms with Gasteiger partial charge in [-0.05, 0) is 23.8 Å². The monoisotopic (exact) mass is 387 g/mol. The van der Waals surface area contributed by atoms with Gasteiger partial charge in [0.15, 0.2) is 0 Å². The quantitative estimate of drug-likeness (QED) is 0.550. The normalized spacial score (nSPS) is 10.6. The van der Waals surface area contributed by atoms with Crippen molar-refractivity contribution in [1.82, 2.24) is 9.55 Å². The molecule has 7 nitrogen and oxygen atoms in total. The zero-order chi connectivity index (χ0) is 20.2. The molecule has 2 N–H and O–H groups in total. The van der Waals surface area contributed by atoms with Crippen LogP contribution in [-0.2, 0) is 6.54 Å². The minimum atomic E-state index is -0.695. The van der Waals surface area contributed by atoms with Crippen LogP contribution in [0.1, 0.15) is 16.1 Å². The number of carbonyl (C=O) groups excluding carboxylic acids is 1. The molecule has 2 aromatic carbocycles. The van der Waals surface area contributed by atoms with Crippen LogP contribution in [0.5, 0.6) is 0 Å². The average molecular weight is 387 g/mol. The lowest BCUT2D eigenvalue weighted by atomic mass is 10.0. The number of amides is 1. The van der Waals surface area contributed by atoms with Gasteiger partial charge >= 0.3 is 5.69 Å². The molecular weight excluding hydrogens is 370 g/mol. The van der Waals surface area contributed by atoms with E-state index in [1.807, 2.05) is 42.5 Å².